The molecule has 0 saturated heterocycles. The maximum absolute atomic E-state index is 5.28. The maximum Gasteiger partial charge on any atom is 0.260 e. The van der Waals surface area contributed by atoms with Crippen LogP contribution in [0.4, 0.5) is 5.82 Å². The van der Waals surface area contributed by atoms with E-state index in [1.165, 1.54) is 11.8 Å². The molecule has 2 aromatic rings. The summed E-state index contributed by atoms with van der Waals surface area (Å²) in [7, 11) is 0. The van der Waals surface area contributed by atoms with Crippen molar-refractivity contribution < 1.29 is 4.42 Å². The number of hydrogen-bond acceptors (Lipinski definition) is 5. The van der Waals surface area contributed by atoms with Crippen LogP contribution in [0.1, 0.15) is 12.6 Å². The molecule has 5 heteroatoms. The first kappa shape index (κ1) is 11.0. The van der Waals surface area contributed by atoms with E-state index in [9.17, 15) is 0 Å². The van der Waals surface area contributed by atoms with Crippen molar-refractivity contribution in [1.82, 2.24) is 9.97 Å². The van der Waals surface area contributed by atoms with Crippen molar-refractivity contribution >= 4 is 17.6 Å². The van der Waals surface area contributed by atoms with Gasteiger partial charge < -0.3 is 9.73 Å². The van der Waals surface area contributed by atoms with Crippen LogP contribution in [0.3, 0.4) is 0 Å². The summed E-state index contributed by atoms with van der Waals surface area (Å²) in [6.45, 7) is 4.81. The minimum Gasteiger partial charge on any atom is -0.439 e. The monoisotopic (exact) mass is 235 g/mol. The SMILES string of the molecule is CCNc1cc(Sc2nc(C)co2)ccn1. The van der Waals surface area contributed by atoms with Gasteiger partial charge in [-0.2, -0.15) is 0 Å². The second-order valence-corrected chi connectivity index (χ2v) is 4.29. The molecule has 2 rings (SSSR count). The van der Waals surface area contributed by atoms with Gasteiger partial charge in [-0.3, -0.25) is 0 Å². The third-order valence-electron chi connectivity index (χ3n) is 1.89. The Morgan fingerprint density at radius 3 is 3.06 bits per heavy atom. The third kappa shape index (κ3) is 2.76. The zero-order chi connectivity index (χ0) is 11.4. The minimum absolute atomic E-state index is 0.658. The highest BCUT2D eigenvalue weighted by Gasteiger charge is 2.04. The minimum atomic E-state index is 0.658. The topological polar surface area (TPSA) is 51.0 Å². The standard InChI is InChI=1S/C11H13N3OS/c1-3-12-10-6-9(4-5-13-10)16-11-14-8(2)7-15-11/h4-7H,3H2,1-2H3,(H,12,13). The molecule has 0 unspecified atom stereocenters. The number of hydrogen-bond donors (Lipinski definition) is 1. The molecule has 1 N–H and O–H groups in total. The number of nitrogens with zero attached hydrogens (tertiary/aromatic N) is 2. The molecule has 0 atom stereocenters. The Morgan fingerprint density at radius 1 is 1.50 bits per heavy atom. The van der Waals surface area contributed by atoms with Crippen LogP contribution in [0.2, 0.25) is 0 Å². The number of pyridine rings is 1. The van der Waals surface area contributed by atoms with Crippen molar-refractivity contribution in [2.75, 3.05) is 11.9 Å². The zero-order valence-electron chi connectivity index (χ0n) is 9.23. The van der Waals surface area contributed by atoms with Gasteiger partial charge in [-0.05, 0) is 37.7 Å². The van der Waals surface area contributed by atoms with Crippen LogP contribution in [-0.2, 0) is 0 Å². The van der Waals surface area contributed by atoms with Crippen LogP contribution < -0.4 is 5.32 Å². The van der Waals surface area contributed by atoms with E-state index in [1.54, 1.807) is 12.5 Å². The molecule has 0 aliphatic carbocycles. The number of aryl methyl sites for hydroxylation is 1. The van der Waals surface area contributed by atoms with Crippen molar-refractivity contribution in [3.63, 3.8) is 0 Å². The summed E-state index contributed by atoms with van der Waals surface area (Å²) in [6, 6.07) is 3.92. The first-order valence-corrected chi connectivity index (χ1v) is 5.89. The van der Waals surface area contributed by atoms with Gasteiger partial charge in [0.1, 0.15) is 12.1 Å². The van der Waals surface area contributed by atoms with Gasteiger partial charge in [0, 0.05) is 17.6 Å². The number of aromatic nitrogens is 2. The highest BCUT2D eigenvalue weighted by molar-refractivity contribution is 7.99. The Hall–Kier alpha value is -1.49. The van der Waals surface area contributed by atoms with Gasteiger partial charge in [0.2, 0.25) is 0 Å². The Labute approximate surface area is 98.5 Å². The lowest BCUT2D eigenvalue weighted by Gasteiger charge is -2.02. The van der Waals surface area contributed by atoms with Crippen molar-refractivity contribution in [2.45, 2.75) is 24.0 Å². The summed E-state index contributed by atoms with van der Waals surface area (Å²) >= 11 is 1.49. The van der Waals surface area contributed by atoms with Crippen LogP contribution in [0.15, 0.2) is 39.1 Å². The van der Waals surface area contributed by atoms with E-state index in [-0.39, 0.29) is 0 Å². The molecule has 0 saturated carbocycles. The largest absolute Gasteiger partial charge is 0.439 e. The number of anilines is 1. The fourth-order valence-corrected chi connectivity index (χ4v) is 2.02. The molecule has 0 amide bonds. The molecule has 0 aromatic carbocycles. The van der Waals surface area contributed by atoms with Crippen LogP contribution in [-0.4, -0.2) is 16.5 Å². The maximum atomic E-state index is 5.28. The Balaban J connectivity index is 2.12. The highest BCUT2D eigenvalue weighted by atomic mass is 32.2. The fraction of sp³-hybridized carbons (Fsp3) is 0.273. The average molecular weight is 235 g/mol. The highest BCUT2D eigenvalue weighted by Crippen LogP contribution is 2.27. The molecule has 0 aliphatic heterocycles. The summed E-state index contributed by atoms with van der Waals surface area (Å²) in [5.74, 6) is 0.871. The Morgan fingerprint density at radius 2 is 2.38 bits per heavy atom. The lowest BCUT2D eigenvalue weighted by atomic mass is 10.4. The van der Waals surface area contributed by atoms with E-state index in [1.807, 2.05) is 26.0 Å². The van der Waals surface area contributed by atoms with E-state index in [2.05, 4.69) is 15.3 Å². The molecular weight excluding hydrogens is 222 g/mol. The van der Waals surface area contributed by atoms with Crippen molar-refractivity contribution in [3.05, 3.63) is 30.3 Å². The van der Waals surface area contributed by atoms with Crippen molar-refractivity contribution in [2.24, 2.45) is 0 Å². The van der Waals surface area contributed by atoms with Crippen LogP contribution in [0.25, 0.3) is 0 Å². The predicted molar refractivity (Wildman–Crippen MR) is 63.8 cm³/mol. The van der Waals surface area contributed by atoms with Gasteiger partial charge in [-0.15, -0.1) is 0 Å². The lowest BCUT2D eigenvalue weighted by molar-refractivity contribution is 0.454. The molecule has 4 nitrogen and oxygen atoms in total. The molecule has 0 fully saturated rings. The Kier molecular flexibility index (Phi) is 3.46. The first-order valence-electron chi connectivity index (χ1n) is 5.08. The molecular formula is C11H13N3OS. The lowest BCUT2D eigenvalue weighted by Crippen LogP contribution is -1.98. The van der Waals surface area contributed by atoms with Crippen LogP contribution >= 0.6 is 11.8 Å². The van der Waals surface area contributed by atoms with Gasteiger partial charge in [0.25, 0.3) is 5.22 Å². The summed E-state index contributed by atoms with van der Waals surface area (Å²) in [6.07, 6.45) is 3.42. The van der Waals surface area contributed by atoms with Gasteiger partial charge in [-0.1, -0.05) is 0 Å². The average Bonchev–Trinajstić information content (AvgIpc) is 2.65. The summed E-state index contributed by atoms with van der Waals surface area (Å²) < 4.78 is 5.28. The number of nitrogens with one attached hydrogen (secondary N) is 1. The predicted octanol–water partition coefficient (Wildman–Crippen LogP) is 2.96. The quantitative estimate of drug-likeness (QED) is 0.883. The molecule has 2 heterocycles. The van der Waals surface area contributed by atoms with E-state index in [4.69, 9.17) is 4.42 Å². The molecule has 0 aliphatic rings. The van der Waals surface area contributed by atoms with Gasteiger partial charge >= 0.3 is 0 Å². The fourth-order valence-electron chi connectivity index (χ4n) is 1.23. The Bertz CT molecular complexity index is 470. The molecule has 0 radical (unpaired) electrons. The van der Waals surface area contributed by atoms with E-state index >= 15 is 0 Å². The molecule has 0 bridgehead atoms. The zero-order valence-corrected chi connectivity index (χ0v) is 10.0. The summed E-state index contributed by atoms with van der Waals surface area (Å²) in [5.41, 5.74) is 0.892. The second-order valence-electron chi connectivity index (χ2n) is 3.26. The second kappa shape index (κ2) is 5.03. The van der Waals surface area contributed by atoms with Gasteiger partial charge in [-0.25, -0.2) is 9.97 Å². The smallest absolute Gasteiger partial charge is 0.260 e. The summed E-state index contributed by atoms with van der Waals surface area (Å²) in [5, 5.41) is 3.82. The molecule has 2 aromatic heterocycles. The summed E-state index contributed by atoms with van der Waals surface area (Å²) in [4.78, 5) is 9.50. The molecule has 0 spiro atoms. The normalized spacial score (nSPS) is 10.4. The first-order chi connectivity index (χ1) is 7.78. The van der Waals surface area contributed by atoms with Gasteiger partial charge in [0.15, 0.2) is 0 Å². The van der Waals surface area contributed by atoms with E-state index < -0.39 is 0 Å². The van der Waals surface area contributed by atoms with Crippen molar-refractivity contribution in [3.8, 4) is 0 Å². The van der Waals surface area contributed by atoms with E-state index in [0.29, 0.717) is 5.22 Å². The van der Waals surface area contributed by atoms with E-state index in [0.717, 1.165) is 23.0 Å². The number of rotatable bonds is 4. The van der Waals surface area contributed by atoms with Crippen LogP contribution in [0.5, 0.6) is 0 Å². The third-order valence-corrected chi connectivity index (χ3v) is 2.74. The van der Waals surface area contributed by atoms with Crippen molar-refractivity contribution in [1.29, 1.82) is 0 Å². The van der Waals surface area contributed by atoms with Crippen LogP contribution in [0, 0.1) is 6.92 Å². The van der Waals surface area contributed by atoms with Gasteiger partial charge in [0.05, 0.1) is 5.69 Å². The molecule has 84 valence electrons. The molecule has 16 heavy (non-hydrogen) atoms. The number of oxazole rings is 1.